The first-order valence-corrected chi connectivity index (χ1v) is 3.79. The fourth-order valence-corrected chi connectivity index (χ4v) is 0.961. The highest BCUT2D eigenvalue weighted by Crippen LogP contribution is 2.11. The summed E-state index contributed by atoms with van der Waals surface area (Å²) in [7, 11) is 4.08. The second kappa shape index (κ2) is 3.42. The molecular weight excluding hydrogens is 134 g/mol. The van der Waals surface area contributed by atoms with E-state index in [1.165, 1.54) is 11.3 Å². The van der Waals surface area contributed by atoms with E-state index in [9.17, 15) is 0 Å². The average Bonchev–Trinajstić information content (AvgIpc) is 2.05. The summed E-state index contributed by atoms with van der Waals surface area (Å²) >= 11 is 0. The molecule has 0 spiro atoms. The predicted molar refractivity (Wildman–Crippen MR) is 49.8 cm³/mol. The molecule has 0 saturated heterocycles. The number of hydrogen-bond acceptors (Lipinski definition) is 1. The van der Waals surface area contributed by atoms with Gasteiger partial charge in [0.1, 0.15) is 0 Å². The first-order chi connectivity index (χ1) is 5.24. The van der Waals surface area contributed by atoms with Gasteiger partial charge in [-0.05, 0) is 31.0 Å². The monoisotopic (exact) mass is 148 g/mol. The largest absolute Gasteiger partial charge is 0.378 e. The standard InChI is InChI=1S/C10H14N/c1-4-9-5-7-10(8-6-9)11(2)3/h5-8H,1,4H2,2-3H3. The Bertz CT molecular complexity index is 211. The Hall–Kier alpha value is -0.980. The summed E-state index contributed by atoms with van der Waals surface area (Å²) in [5, 5.41) is 0. The van der Waals surface area contributed by atoms with E-state index in [1.54, 1.807) is 0 Å². The van der Waals surface area contributed by atoms with Crippen molar-refractivity contribution < 1.29 is 0 Å². The summed E-state index contributed by atoms with van der Waals surface area (Å²) in [6.07, 6.45) is 0.869. The minimum absolute atomic E-state index is 0.869. The minimum Gasteiger partial charge on any atom is -0.378 e. The smallest absolute Gasteiger partial charge is 0.0361 e. The second-order valence-corrected chi connectivity index (χ2v) is 2.81. The molecular formula is C10H14N. The van der Waals surface area contributed by atoms with Crippen molar-refractivity contribution in [3.63, 3.8) is 0 Å². The van der Waals surface area contributed by atoms with Gasteiger partial charge in [-0.15, -0.1) is 0 Å². The molecule has 0 aromatic heterocycles. The maximum atomic E-state index is 3.82. The molecule has 0 fully saturated rings. The van der Waals surface area contributed by atoms with E-state index in [0.717, 1.165) is 6.42 Å². The summed E-state index contributed by atoms with van der Waals surface area (Å²) in [6, 6.07) is 8.45. The normalized spacial score (nSPS) is 9.73. The van der Waals surface area contributed by atoms with Crippen LogP contribution in [0.25, 0.3) is 0 Å². The molecule has 0 aliphatic carbocycles. The molecule has 0 atom stereocenters. The van der Waals surface area contributed by atoms with Crippen LogP contribution >= 0.6 is 0 Å². The zero-order valence-electron chi connectivity index (χ0n) is 7.17. The summed E-state index contributed by atoms with van der Waals surface area (Å²) in [5.41, 5.74) is 2.53. The van der Waals surface area contributed by atoms with Crippen molar-refractivity contribution in [1.29, 1.82) is 0 Å². The van der Waals surface area contributed by atoms with Crippen LogP contribution in [-0.2, 0) is 6.42 Å². The molecule has 1 aromatic carbocycles. The van der Waals surface area contributed by atoms with Gasteiger partial charge in [0.25, 0.3) is 0 Å². The van der Waals surface area contributed by atoms with Gasteiger partial charge in [0.05, 0.1) is 0 Å². The third-order valence-corrected chi connectivity index (χ3v) is 1.74. The molecule has 1 radical (unpaired) electrons. The van der Waals surface area contributed by atoms with Gasteiger partial charge in [-0.25, -0.2) is 0 Å². The van der Waals surface area contributed by atoms with Crippen molar-refractivity contribution in [2.75, 3.05) is 19.0 Å². The van der Waals surface area contributed by atoms with Crippen LogP contribution in [0.1, 0.15) is 5.56 Å². The first-order valence-electron chi connectivity index (χ1n) is 3.79. The fraction of sp³-hybridized carbons (Fsp3) is 0.300. The molecule has 0 bridgehead atoms. The van der Waals surface area contributed by atoms with Gasteiger partial charge in [0.15, 0.2) is 0 Å². The van der Waals surface area contributed by atoms with Gasteiger partial charge in [-0.2, -0.15) is 0 Å². The average molecular weight is 148 g/mol. The van der Waals surface area contributed by atoms with Gasteiger partial charge in [0, 0.05) is 19.8 Å². The number of anilines is 1. The number of rotatable bonds is 2. The lowest BCUT2D eigenvalue weighted by molar-refractivity contribution is 1.12. The Morgan fingerprint density at radius 2 is 1.73 bits per heavy atom. The zero-order valence-corrected chi connectivity index (χ0v) is 7.17. The van der Waals surface area contributed by atoms with E-state index < -0.39 is 0 Å². The van der Waals surface area contributed by atoms with Crippen molar-refractivity contribution >= 4 is 5.69 Å². The molecule has 0 aliphatic heterocycles. The van der Waals surface area contributed by atoms with Crippen molar-refractivity contribution in [1.82, 2.24) is 0 Å². The Morgan fingerprint density at radius 1 is 1.18 bits per heavy atom. The van der Waals surface area contributed by atoms with Gasteiger partial charge < -0.3 is 4.90 Å². The fourth-order valence-electron chi connectivity index (χ4n) is 0.961. The molecule has 1 heteroatoms. The molecule has 0 heterocycles. The Labute approximate surface area is 68.7 Å². The summed E-state index contributed by atoms with van der Waals surface area (Å²) in [4.78, 5) is 2.09. The summed E-state index contributed by atoms with van der Waals surface area (Å²) in [5.74, 6) is 0. The molecule has 0 unspecified atom stereocenters. The van der Waals surface area contributed by atoms with Crippen LogP contribution < -0.4 is 4.90 Å². The molecule has 1 rings (SSSR count). The predicted octanol–water partition coefficient (Wildman–Crippen LogP) is 2.13. The molecule has 0 N–H and O–H groups in total. The molecule has 0 saturated carbocycles. The Balaban J connectivity index is 2.83. The zero-order chi connectivity index (χ0) is 8.27. The number of hydrogen-bond donors (Lipinski definition) is 0. The van der Waals surface area contributed by atoms with E-state index in [4.69, 9.17) is 0 Å². The third-order valence-electron chi connectivity index (χ3n) is 1.74. The molecule has 1 aromatic rings. The van der Waals surface area contributed by atoms with Crippen LogP contribution in [0.3, 0.4) is 0 Å². The lowest BCUT2D eigenvalue weighted by Crippen LogP contribution is -2.08. The highest BCUT2D eigenvalue weighted by molar-refractivity contribution is 5.45. The molecule has 59 valence electrons. The van der Waals surface area contributed by atoms with E-state index in [1.807, 2.05) is 14.1 Å². The minimum atomic E-state index is 0.869. The third kappa shape index (κ3) is 1.97. The number of benzene rings is 1. The molecule has 0 aliphatic rings. The lowest BCUT2D eigenvalue weighted by atomic mass is 10.1. The van der Waals surface area contributed by atoms with Crippen molar-refractivity contribution in [3.8, 4) is 0 Å². The summed E-state index contributed by atoms with van der Waals surface area (Å²) in [6.45, 7) is 3.82. The van der Waals surface area contributed by atoms with Gasteiger partial charge in [-0.1, -0.05) is 12.1 Å². The number of nitrogens with zero attached hydrogens (tertiary/aromatic N) is 1. The van der Waals surface area contributed by atoms with E-state index >= 15 is 0 Å². The van der Waals surface area contributed by atoms with Crippen molar-refractivity contribution in [2.24, 2.45) is 0 Å². The Morgan fingerprint density at radius 3 is 2.09 bits per heavy atom. The SMILES string of the molecule is [CH2]Cc1ccc(N(C)C)cc1. The van der Waals surface area contributed by atoms with Crippen molar-refractivity contribution in [2.45, 2.75) is 6.42 Å². The van der Waals surface area contributed by atoms with E-state index in [-0.39, 0.29) is 0 Å². The van der Waals surface area contributed by atoms with Crippen LogP contribution in [0.15, 0.2) is 24.3 Å². The van der Waals surface area contributed by atoms with E-state index in [2.05, 4.69) is 36.1 Å². The van der Waals surface area contributed by atoms with Crippen LogP contribution in [0.5, 0.6) is 0 Å². The molecule has 0 amide bonds. The highest BCUT2D eigenvalue weighted by Gasteiger charge is 1.92. The van der Waals surface area contributed by atoms with E-state index in [0.29, 0.717) is 0 Å². The molecule has 1 nitrogen and oxygen atoms in total. The summed E-state index contributed by atoms with van der Waals surface area (Å²) < 4.78 is 0. The van der Waals surface area contributed by atoms with Gasteiger partial charge >= 0.3 is 0 Å². The van der Waals surface area contributed by atoms with Gasteiger partial charge in [0.2, 0.25) is 0 Å². The van der Waals surface area contributed by atoms with Crippen LogP contribution in [-0.4, -0.2) is 14.1 Å². The maximum absolute atomic E-state index is 3.82. The van der Waals surface area contributed by atoms with Crippen LogP contribution in [0, 0.1) is 6.92 Å². The first kappa shape index (κ1) is 8.12. The van der Waals surface area contributed by atoms with Crippen LogP contribution in [0.2, 0.25) is 0 Å². The van der Waals surface area contributed by atoms with Crippen molar-refractivity contribution in [3.05, 3.63) is 36.8 Å². The molecule has 11 heavy (non-hydrogen) atoms. The van der Waals surface area contributed by atoms with Gasteiger partial charge in [-0.3, -0.25) is 0 Å². The highest BCUT2D eigenvalue weighted by atomic mass is 15.1. The Kier molecular flexibility index (Phi) is 2.53. The quantitative estimate of drug-likeness (QED) is 0.621. The second-order valence-electron chi connectivity index (χ2n) is 2.81. The maximum Gasteiger partial charge on any atom is 0.0361 e. The lowest BCUT2D eigenvalue weighted by Gasteiger charge is -2.11. The van der Waals surface area contributed by atoms with Crippen LogP contribution in [0.4, 0.5) is 5.69 Å². The topological polar surface area (TPSA) is 3.24 Å².